The molecule has 2 unspecified atom stereocenters. The molecule has 0 aromatic carbocycles. The molecule has 0 spiro atoms. The van der Waals surface area contributed by atoms with E-state index < -0.39 is 18.0 Å². The number of halogens is 2. The zero-order valence-electron chi connectivity index (χ0n) is 17.3. The summed E-state index contributed by atoms with van der Waals surface area (Å²) < 4.78 is 31.8. The number of aliphatic imine (C=N–C) groups is 1. The monoisotopic (exact) mass is 421 g/mol. The number of rotatable bonds is 4. The lowest BCUT2D eigenvalue weighted by Gasteiger charge is -2.37. The number of hydrogen-bond acceptors (Lipinski definition) is 7. The molecule has 3 rings (SSSR count). The summed E-state index contributed by atoms with van der Waals surface area (Å²) in [6.07, 6.45) is 3.54. The van der Waals surface area contributed by atoms with E-state index in [0.29, 0.717) is 24.7 Å². The van der Waals surface area contributed by atoms with Crippen LogP contribution in [0, 0.1) is 0 Å². The van der Waals surface area contributed by atoms with Gasteiger partial charge in [-0.25, -0.2) is 18.8 Å². The number of amides is 1. The Bertz CT molecular complexity index is 896. The summed E-state index contributed by atoms with van der Waals surface area (Å²) in [6.45, 7) is 8.61. The van der Waals surface area contributed by atoms with Gasteiger partial charge in [0.05, 0.1) is 29.7 Å². The number of carbonyl (C=O) groups excluding carboxylic acids is 1. The summed E-state index contributed by atoms with van der Waals surface area (Å²) in [6, 6.07) is 0. The quantitative estimate of drug-likeness (QED) is 0.576. The predicted octanol–water partition coefficient (Wildman–Crippen LogP) is 2.86. The van der Waals surface area contributed by atoms with Gasteiger partial charge in [0.2, 0.25) is 0 Å². The molecule has 1 aromatic heterocycles. The fourth-order valence-corrected chi connectivity index (χ4v) is 3.30. The Labute approximate surface area is 173 Å². The van der Waals surface area contributed by atoms with Crippen LogP contribution in [0.25, 0.3) is 0 Å². The number of alkyl halides is 2. The van der Waals surface area contributed by atoms with Crippen molar-refractivity contribution in [2.24, 2.45) is 10.1 Å². The highest BCUT2D eigenvalue weighted by Gasteiger charge is 2.27. The second kappa shape index (κ2) is 9.16. The van der Waals surface area contributed by atoms with Crippen molar-refractivity contribution in [1.29, 1.82) is 0 Å². The van der Waals surface area contributed by atoms with E-state index >= 15 is 0 Å². The lowest BCUT2D eigenvalue weighted by molar-refractivity contribution is -0.112. The summed E-state index contributed by atoms with van der Waals surface area (Å²) in [5, 5.41) is 13.9. The van der Waals surface area contributed by atoms with E-state index in [0.717, 1.165) is 6.20 Å². The van der Waals surface area contributed by atoms with Gasteiger partial charge in [0.1, 0.15) is 11.5 Å². The lowest BCUT2D eigenvalue weighted by atomic mass is 10.2. The van der Waals surface area contributed by atoms with Crippen molar-refractivity contribution in [3.05, 3.63) is 35.6 Å². The van der Waals surface area contributed by atoms with Gasteiger partial charge in [0.15, 0.2) is 5.82 Å². The average Bonchev–Trinajstić information content (AvgIpc) is 3.15. The van der Waals surface area contributed by atoms with Gasteiger partial charge in [-0.15, -0.1) is 0 Å². The summed E-state index contributed by atoms with van der Waals surface area (Å²) >= 11 is 0. The number of H-pyrrole nitrogens is 1. The smallest absolute Gasteiger partial charge is 0.281 e. The Hall–Kier alpha value is -3.08. The summed E-state index contributed by atoms with van der Waals surface area (Å²) in [4.78, 5) is 19.5. The average molecular weight is 421 g/mol. The molecule has 30 heavy (non-hydrogen) atoms. The summed E-state index contributed by atoms with van der Waals surface area (Å²) in [5.41, 5.74) is -0.307. The molecule has 0 bridgehead atoms. The molecule has 0 saturated carbocycles. The van der Waals surface area contributed by atoms with Crippen LogP contribution in [-0.4, -0.2) is 63.4 Å². The van der Waals surface area contributed by atoms with E-state index in [2.05, 4.69) is 30.5 Å². The number of morpholine rings is 1. The molecule has 1 aromatic rings. The van der Waals surface area contributed by atoms with Crippen LogP contribution in [0.5, 0.6) is 0 Å². The number of ether oxygens (including phenoxy) is 1. The number of amidine groups is 1. The van der Waals surface area contributed by atoms with Crippen LogP contribution in [0.3, 0.4) is 0 Å². The topological polar surface area (TPSA) is 98.2 Å². The molecule has 2 atom stereocenters. The van der Waals surface area contributed by atoms with Crippen molar-refractivity contribution in [2.75, 3.05) is 18.4 Å². The zero-order chi connectivity index (χ0) is 21.8. The van der Waals surface area contributed by atoms with Gasteiger partial charge in [-0.2, -0.15) is 10.2 Å². The number of nitrogens with zero attached hydrogens (tertiary/aromatic N) is 5. The molecule has 162 valence electrons. The minimum atomic E-state index is -2.79. The lowest BCUT2D eigenvalue weighted by Crippen LogP contribution is -2.48. The molecule has 1 amide bonds. The minimum absolute atomic E-state index is 0.0437. The number of hydrogen-bond donors (Lipinski definition) is 2. The van der Waals surface area contributed by atoms with Gasteiger partial charge >= 0.3 is 0 Å². The molecule has 0 radical (unpaired) electrons. The van der Waals surface area contributed by atoms with Crippen LogP contribution in [0.4, 0.5) is 14.5 Å². The van der Waals surface area contributed by atoms with E-state index in [1.807, 2.05) is 19.9 Å². The Kier molecular flexibility index (Phi) is 6.60. The summed E-state index contributed by atoms with van der Waals surface area (Å²) in [7, 11) is 0. The molecule has 2 N–H and O–H groups in total. The Balaban J connectivity index is 1.90. The van der Waals surface area contributed by atoms with Crippen molar-refractivity contribution < 1.29 is 18.3 Å². The Morgan fingerprint density at radius 3 is 2.73 bits per heavy atom. The minimum Gasteiger partial charge on any atom is -0.372 e. The number of aromatic amines is 1. The van der Waals surface area contributed by atoms with E-state index in [-0.39, 0.29) is 23.5 Å². The fraction of sp³-hybridized carbons (Fsp3) is 0.474. The molecule has 1 saturated heterocycles. The molecule has 2 aliphatic heterocycles. The standard InChI is InChI=1S/C19H25F2N7O2/c1-5-23-28-7-6-15(27-9-11(2)30-12(3)10-27)25-18(28)13(4)19(29)24-14-8-22-26-16(14)17(20)21/h5-8,11-12,17H,9-10H2,1-4H3,(H,22,26)(H,24,29)/b18-13+,23-5-. The molecule has 1 fully saturated rings. The number of nitrogens with one attached hydrogen (secondary N) is 2. The van der Waals surface area contributed by atoms with Crippen LogP contribution in [-0.2, 0) is 9.53 Å². The van der Waals surface area contributed by atoms with Crippen LogP contribution in [0.2, 0.25) is 0 Å². The third-order valence-corrected chi connectivity index (χ3v) is 4.60. The van der Waals surface area contributed by atoms with Crippen molar-refractivity contribution in [2.45, 2.75) is 46.3 Å². The Morgan fingerprint density at radius 1 is 1.40 bits per heavy atom. The molecule has 9 nitrogen and oxygen atoms in total. The van der Waals surface area contributed by atoms with Crippen LogP contribution >= 0.6 is 0 Å². The van der Waals surface area contributed by atoms with Crippen LogP contribution in [0.1, 0.15) is 39.8 Å². The van der Waals surface area contributed by atoms with Crippen LogP contribution < -0.4 is 5.32 Å². The van der Waals surface area contributed by atoms with Gasteiger partial charge in [-0.05, 0) is 33.8 Å². The first kappa shape index (κ1) is 21.6. The predicted molar refractivity (Wildman–Crippen MR) is 109 cm³/mol. The van der Waals surface area contributed by atoms with Gasteiger partial charge in [0, 0.05) is 25.5 Å². The van der Waals surface area contributed by atoms with E-state index in [1.165, 1.54) is 5.01 Å². The van der Waals surface area contributed by atoms with Gasteiger partial charge in [-0.1, -0.05) is 0 Å². The highest BCUT2D eigenvalue weighted by atomic mass is 19.3. The molecular weight excluding hydrogens is 396 g/mol. The number of carbonyl (C=O) groups is 1. The van der Waals surface area contributed by atoms with E-state index in [1.54, 1.807) is 26.3 Å². The molecular formula is C19H25F2N7O2. The second-order valence-electron chi connectivity index (χ2n) is 7.07. The highest BCUT2D eigenvalue weighted by molar-refractivity contribution is 6.05. The van der Waals surface area contributed by atoms with Crippen LogP contribution in [0.15, 0.2) is 40.0 Å². The maximum absolute atomic E-state index is 13.0. The molecule has 11 heteroatoms. The third-order valence-electron chi connectivity index (χ3n) is 4.60. The first-order chi connectivity index (χ1) is 14.3. The maximum atomic E-state index is 13.0. The van der Waals surface area contributed by atoms with Crippen molar-refractivity contribution in [3.8, 4) is 0 Å². The SMILES string of the molecule is C/C=N\N1C=CC(N2CC(C)OC(C)C2)=N/C1=C(/C)C(=O)Nc1cn[nH]c1C(F)F. The summed E-state index contributed by atoms with van der Waals surface area (Å²) in [5.74, 6) is 0.405. The van der Waals surface area contributed by atoms with Gasteiger partial charge in [0.25, 0.3) is 12.3 Å². The second-order valence-corrected chi connectivity index (χ2v) is 7.07. The first-order valence-electron chi connectivity index (χ1n) is 9.58. The number of hydrazone groups is 1. The maximum Gasteiger partial charge on any atom is 0.281 e. The molecule has 3 heterocycles. The van der Waals surface area contributed by atoms with Crippen molar-refractivity contribution >= 4 is 23.6 Å². The molecule has 0 aliphatic carbocycles. The number of aromatic nitrogens is 2. The highest BCUT2D eigenvalue weighted by Crippen LogP contribution is 2.26. The van der Waals surface area contributed by atoms with Gasteiger partial charge in [-0.3, -0.25) is 9.89 Å². The fourth-order valence-electron chi connectivity index (χ4n) is 3.30. The Morgan fingerprint density at radius 2 is 2.10 bits per heavy atom. The van der Waals surface area contributed by atoms with Crippen molar-refractivity contribution in [3.63, 3.8) is 0 Å². The van der Waals surface area contributed by atoms with Crippen molar-refractivity contribution in [1.82, 2.24) is 20.1 Å². The van der Waals surface area contributed by atoms with E-state index in [4.69, 9.17) is 4.74 Å². The number of anilines is 1. The largest absolute Gasteiger partial charge is 0.372 e. The third kappa shape index (κ3) is 4.73. The molecule has 2 aliphatic rings. The zero-order valence-corrected chi connectivity index (χ0v) is 17.3. The first-order valence-corrected chi connectivity index (χ1v) is 9.58. The van der Waals surface area contributed by atoms with E-state index in [9.17, 15) is 13.6 Å². The van der Waals surface area contributed by atoms with Gasteiger partial charge < -0.3 is 15.0 Å². The normalized spacial score (nSPS) is 23.9.